The number of rotatable bonds is 2. The van der Waals surface area contributed by atoms with E-state index in [1.165, 1.54) is 13.4 Å². The summed E-state index contributed by atoms with van der Waals surface area (Å²) in [7, 11) is 1.42. The smallest absolute Gasteiger partial charge is 0.310 e. The Kier molecular flexibility index (Phi) is 3.78. The number of hydrogen-bond acceptors (Lipinski definition) is 5. The zero-order valence-electron chi connectivity index (χ0n) is 9.60. The third-order valence-electron chi connectivity index (χ3n) is 2.90. The van der Waals surface area contributed by atoms with E-state index >= 15 is 0 Å². The molecule has 1 atom stereocenters. The number of ether oxygens (including phenoxy) is 1. The van der Waals surface area contributed by atoms with Crippen molar-refractivity contribution in [1.29, 1.82) is 0 Å². The molecule has 0 aromatic carbocycles. The molecule has 6 heteroatoms. The number of carbonyl (C=O) groups excluding carboxylic acids is 1. The van der Waals surface area contributed by atoms with Crippen LogP contribution in [-0.2, 0) is 9.53 Å². The van der Waals surface area contributed by atoms with Crippen LogP contribution in [0.25, 0.3) is 0 Å². The van der Waals surface area contributed by atoms with Crippen molar-refractivity contribution in [1.82, 2.24) is 9.97 Å². The minimum absolute atomic E-state index is 0.0974. The molecule has 92 valence electrons. The molecule has 0 N–H and O–H groups in total. The molecule has 0 spiro atoms. The van der Waals surface area contributed by atoms with Crippen LogP contribution in [0, 0.1) is 5.92 Å². The summed E-state index contributed by atoms with van der Waals surface area (Å²) in [6, 6.07) is 0. The summed E-state index contributed by atoms with van der Waals surface area (Å²) < 4.78 is 4.77. The average molecular weight is 256 g/mol. The van der Waals surface area contributed by atoms with Gasteiger partial charge in [0.05, 0.1) is 19.2 Å². The normalized spacial score (nSPS) is 20.1. The average Bonchev–Trinajstić information content (AvgIpc) is 2.38. The van der Waals surface area contributed by atoms with Crippen molar-refractivity contribution in [3.8, 4) is 0 Å². The molecular weight excluding hydrogens is 242 g/mol. The van der Waals surface area contributed by atoms with Crippen molar-refractivity contribution in [2.45, 2.75) is 12.8 Å². The van der Waals surface area contributed by atoms with Gasteiger partial charge in [0, 0.05) is 13.1 Å². The summed E-state index contributed by atoms with van der Waals surface area (Å²) in [5.41, 5.74) is 0. The number of halogens is 1. The van der Waals surface area contributed by atoms with Crippen LogP contribution in [0.15, 0.2) is 12.5 Å². The third-order valence-corrected chi connectivity index (χ3v) is 3.17. The van der Waals surface area contributed by atoms with Crippen LogP contribution >= 0.6 is 11.6 Å². The number of nitrogens with zero attached hydrogens (tertiary/aromatic N) is 3. The van der Waals surface area contributed by atoms with Crippen LogP contribution in [0.1, 0.15) is 12.8 Å². The van der Waals surface area contributed by atoms with E-state index in [1.54, 1.807) is 6.20 Å². The van der Waals surface area contributed by atoms with Crippen molar-refractivity contribution in [3.05, 3.63) is 17.5 Å². The SMILES string of the molecule is COC(=O)C1CCCN(c2ncncc2Cl)C1. The Morgan fingerprint density at radius 3 is 3.18 bits per heavy atom. The number of hydrogen-bond donors (Lipinski definition) is 0. The Labute approximate surface area is 105 Å². The van der Waals surface area contributed by atoms with Gasteiger partial charge >= 0.3 is 5.97 Å². The zero-order valence-corrected chi connectivity index (χ0v) is 10.4. The Morgan fingerprint density at radius 2 is 2.47 bits per heavy atom. The summed E-state index contributed by atoms with van der Waals surface area (Å²) in [5, 5.41) is 0.512. The molecule has 1 aromatic rings. The van der Waals surface area contributed by atoms with E-state index in [0.29, 0.717) is 17.4 Å². The summed E-state index contributed by atoms with van der Waals surface area (Å²) in [5.74, 6) is 0.426. The van der Waals surface area contributed by atoms with E-state index in [9.17, 15) is 4.79 Å². The standard InChI is InChI=1S/C11H14ClN3O2/c1-17-11(16)8-3-2-4-15(6-8)10-9(12)5-13-7-14-10/h5,7-8H,2-4,6H2,1H3. The second kappa shape index (κ2) is 5.31. The van der Waals surface area contributed by atoms with E-state index in [-0.39, 0.29) is 11.9 Å². The quantitative estimate of drug-likeness (QED) is 0.750. The Balaban J connectivity index is 2.12. The minimum Gasteiger partial charge on any atom is -0.469 e. The lowest BCUT2D eigenvalue weighted by atomic mass is 9.98. The van der Waals surface area contributed by atoms with E-state index in [0.717, 1.165) is 19.4 Å². The van der Waals surface area contributed by atoms with E-state index in [2.05, 4.69) is 9.97 Å². The lowest BCUT2D eigenvalue weighted by Gasteiger charge is -2.32. The fraction of sp³-hybridized carbons (Fsp3) is 0.545. The van der Waals surface area contributed by atoms with Crippen molar-refractivity contribution >= 4 is 23.4 Å². The summed E-state index contributed by atoms with van der Waals surface area (Å²) in [6.07, 6.45) is 4.81. The molecule has 1 unspecified atom stereocenters. The van der Waals surface area contributed by atoms with Gasteiger partial charge in [0.2, 0.25) is 0 Å². The molecule has 0 radical (unpaired) electrons. The first-order chi connectivity index (χ1) is 8.22. The van der Waals surface area contributed by atoms with Crippen molar-refractivity contribution in [2.75, 3.05) is 25.1 Å². The third kappa shape index (κ3) is 2.66. The van der Waals surface area contributed by atoms with Gasteiger partial charge in [-0.15, -0.1) is 0 Å². The predicted molar refractivity (Wildman–Crippen MR) is 64.0 cm³/mol. The molecule has 0 aliphatic carbocycles. The molecule has 1 aliphatic rings. The van der Waals surface area contributed by atoms with Crippen molar-refractivity contribution in [3.63, 3.8) is 0 Å². The van der Waals surface area contributed by atoms with Crippen molar-refractivity contribution in [2.24, 2.45) is 5.92 Å². The second-order valence-corrected chi connectivity index (χ2v) is 4.41. The number of methoxy groups -OCH3 is 1. The largest absolute Gasteiger partial charge is 0.469 e. The number of aromatic nitrogens is 2. The van der Waals surface area contributed by atoms with Gasteiger partial charge < -0.3 is 9.64 Å². The lowest BCUT2D eigenvalue weighted by Crippen LogP contribution is -2.39. The maximum absolute atomic E-state index is 11.5. The minimum atomic E-state index is -0.167. The molecular formula is C11H14ClN3O2. The molecule has 1 saturated heterocycles. The Morgan fingerprint density at radius 1 is 1.65 bits per heavy atom. The number of carbonyl (C=O) groups is 1. The topological polar surface area (TPSA) is 55.3 Å². The first-order valence-corrected chi connectivity index (χ1v) is 5.88. The van der Waals surface area contributed by atoms with Gasteiger partial charge in [-0.25, -0.2) is 9.97 Å². The highest BCUT2D eigenvalue weighted by molar-refractivity contribution is 6.32. The van der Waals surface area contributed by atoms with Gasteiger partial charge in [0.1, 0.15) is 11.3 Å². The summed E-state index contributed by atoms with van der Waals surface area (Å²) in [6.45, 7) is 1.45. The van der Waals surface area contributed by atoms with E-state index in [1.807, 2.05) is 4.90 Å². The van der Waals surface area contributed by atoms with E-state index in [4.69, 9.17) is 16.3 Å². The monoisotopic (exact) mass is 255 g/mol. The molecule has 0 amide bonds. The first-order valence-electron chi connectivity index (χ1n) is 5.50. The van der Waals surface area contributed by atoms with Crippen LogP contribution in [0.3, 0.4) is 0 Å². The Bertz CT molecular complexity index is 413. The molecule has 2 heterocycles. The van der Waals surface area contributed by atoms with Crippen molar-refractivity contribution < 1.29 is 9.53 Å². The fourth-order valence-electron chi connectivity index (χ4n) is 2.07. The summed E-state index contributed by atoms with van der Waals surface area (Å²) in [4.78, 5) is 21.5. The number of esters is 1. The first kappa shape index (κ1) is 12.1. The zero-order chi connectivity index (χ0) is 12.3. The predicted octanol–water partition coefficient (Wildman–Crippen LogP) is 1.52. The van der Waals surface area contributed by atoms with Crippen LogP contribution < -0.4 is 4.90 Å². The highest BCUT2D eigenvalue weighted by Gasteiger charge is 2.27. The number of anilines is 1. The van der Waals surface area contributed by atoms with Gasteiger partial charge in [0.15, 0.2) is 5.82 Å². The molecule has 1 aliphatic heterocycles. The molecule has 2 rings (SSSR count). The maximum Gasteiger partial charge on any atom is 0.310 e. The van der Waals surface area contributed by atoms with Gasteiger partial charge in [-0.05, 0) is 12.8 Å². The highest BCUT2D eigenvalue weighted by Crippen LogP contribution is 2.27. The molecule has 17 heavy (non-hydrogen) atoms. The maximum atomic E-state index is 11.5. The molecule has 1 fully saturated rings. The van der Waals surface area contributed by atoms with Crippen LogP contribution in [0.4, 0.5) is 5.82 Å². The van der Waals surface area contributed by atoms with Crippen LogP contribution in [0.2, 0.25) is 5.02 Å². The molecule has 5 nitrogen and oxygen atoms in total. The number of piperidine rings is 1. The summed E-state index contributed by atoms with van der Waals surface area (Å²) >= 11 is 6.04. The highest BCUT2D eigenvalue weighted by atomic mass is 35.5. The fourth-order valence-corrected chi connectivity index (χ4v) is 2.29. The van der Waals surface area contributed by atoms with Gasteiger partial charge in [-0.2, -0.15) is 0 Å². The Hall–Kier alpha value is -1.36. The molecule has 0 bridgehead atoms. The van der Waals surface area contributed by atoms with Gasteiger partial charge in [-0.3, -0.25) is 4.79 Å². The second-order valence-electron chi connectivity index (χ2n) is 4.00. The van der Waals surface area contributed by atoms with E-state index < -0.39 is 0 Å². The van der Waals surface area contributed by atoms with Gasteiger partial charge in [0.25, 0.3) is 0 Å². The lowest BCUT2D eigenvalue weighted by molar-refractivity contribution is -0.145. The van der Waals surface area contributed by atoms with Crippen LogP contribution in [-0.4, -0.2) is 36.1 Å². The molecule has 1 aromatic heterocycles. The van der Waals surface area contributed by atoms with Crippen LogP contribution in [0.5, 0.6) is 0 Å². The molecule has 0 saturated carbocycles. The van der Waals surface area contributed by atoms with Gasteiger partial charge in [-0.1, -0.05) is 11.6 Å².